The third kappa shape index (κ3) is 4.44. The zero-order valence-corrected chi connectivity index (χ0v) is 15.3. The van der Waals surface area contributed by atoms with Crippen LogP contribution in [0.15, 0.2) is 24.5 Å². The summed E-state index contributed by atoms with van der Waals surface area (Å²) < 4.78 is 2.36. The number of nitrogens with one attached hydrogen (secondary N) is 1. The molecule has 1 heterocycles. The summed E-state index contributed by atoms with van der Waals surface area (Å²) in [5, 5.41) is 0. The number of aryl methyl sites for hydroxylation is 4. The number of rotatable bonds is 6. The maximum absolute atomic E-state index is 3.43. The molecule has 1 N–H and O–H groups in total. The highest BCUT2D eigenvalue weighted by Gasteiger charge is 2.17. The fraction of sp³-hybridized carbons (Fsp3) is 0.500. The van der Waals surface area contributed by atoms with E-state index in [0.717, 1.165) is 6.54 Å². The highest BCUT2D eigenvalue weighted by atomic mass is 79.9. The third-order valence-electron chi connectivity index (χ3n) is 3.93. The lowest BCUT2D eigenvalue weighted by atomic mass is 9.99. The Labute approximate surface area is 139 Å². The van der Waals surface area contributed by atoms with E-state index in [9.17, 15) is 0 Å². The van der Waals surface area contributed by atoms with Crippen LogP contribution in [-0.2, 0) is 6.54 Å². The molecule has 2 rings (SSSR count). The molecule has 0 bridgehead atoms. The molecular formula is C18H27BrN2. The van der Waals surface area contributed by atoms with Crippen LogP contribution in [0.25, 0.3) is 11.4 Å². The van der Waals surface area contributed by atoms with Crippen LogP contribution in [0.2, 0.25) is 0 Å². The number of aromatic nitrogens is 2. The molecule has 3 heteroatoms. The smallest absolute Gasteiger partial charge is 0.287 e. The van der Waals surface area contributed by atoms with Crippen molar-refractivity contribution in [3.8, 4) is 11.4 Å². The van der Waals surface area contributed by atoms with E-state index in [0.29, 0.717) is 0 Å². The van der Waals surface area contributed by atoms with Gasteiger partial charge in [0.15, 0.2) is 0 Å². The summed E-state index contributed by atoms with van der Waals surface area (Å²) in [4.78, 5) is 3.43. The molecule has 0 spiro atoms. The molecular weight excluding hydrogens is 324 g/mol. The number of H-pyrrole nitrogens is 1. The molecule has 116 valence electrons. The molecule has 2 aromatic rings. The average Bonchev–Trinajstić information content (AvgIpc) is 2.82. The molecule has 1 aromatic carbocycles. The molecule has 0 radical (unpaired) electrons. The Hall–Kier alpha value is -1.09. The minimum absolute atomic E-state index is 0. The van der Waals surface area contributed by atoms with Crippen molar-refractivity contribution >= 4 is 0 Å². The maximum atomic E-state index is 3.43. The SMILES string of the molecule is CCCCCC[n+]1cc[nH]c1-c1c(C)cc(C)cc1C.[Br-]. The second kappa shape index (κ2) is 8.38. The molecule has 0 saturated carbocycles. The number of benzene rings is 1. The lowest BCUT2D eigenvalue weighted by Crippen LogP contribution is -3.00. The monoisotopic (exact) mass is 350 g/mol. The van der Waals surface area contributed by atoms with Crippen molar-refractivity contribution in [3.05, 3.63) is 41.2 Å². The molecule has 0 saturated heterocycles. The van der Waals surface area contributed by atoms with E-state index < -0.39 is 0 Å². The second-order valence-electron chi connectivity index (χ2n) is 5.84. The standard InChI is InChI=1S/C18H26N2.BrH/c1-5-6-7-8-10-20-11-9-19-18(20)17-15(3)12-14(2)13-16(17)4;/h9,11-13H,5-8,10H2,1-4H3;1H. The number of imidazole rings is 1. The Morgan fingerprint density at radius 3 is 2.29 bits per heavy atom. The lowest BCUT2D eigenvalue weighted by Gasteiger charge is -2.09. The predicted molar refractivity (Wildman–Crippen MR) is 84.8 cm³/mol. The van der Waals surface area contributed by atoms with Crippen molar-refractivity contribution in [2.75, 3.05) is 0 Å². The largest absolute Gasteiger partial charge is 1.00 e. The first kappa shape index (κ1) is 18.0. The van der Waals surface area contributed by atoms with Gasteiger partial charge in [0.1, 0.15) is 12.4 Å². The van der Waals surface area contributed by atoms with E-state index in [1.54, 1.807) is 0 Å². The summed E-state index contributed by atoms with van der Waals surface area (Å²) in [5.41, 5.74) is 5.40. The van der Waals surface area contributed by atoms with Gasteiger partial charge in [0.25, 0.3) is 5.82 Å². The quantitative estimate of drug-likeness (QED) is 0.601. The predicted octanol–water partition coefficient (Wildman–Crippen LogP) is 1.48. The third-order valence-corrected chi connectivity index (χ3v) is 3.93. The van der Waals surface area contributed by atoms with Gasteiger partial charge in [-0.25, -0.2) is 9.55 Å². The highest BCUT2D eigenvalue weighted by Crippen LogP contribution is 2.24. The number of aromatic amines is 1. The number of halogens is 1. The maximum Gasteiger partial charge on any atom is 0.287 e. The number of hydrogen-bond donors (Lipinski definition) is 1. The average molecular weight is 351 g/mol. The van der Waals surface area contributed by atoms with Crippen LogP contribution in [-0.4, -0.2) is 4.98 Å². The summed E-state index contributed by atoms with van der Waals surface area (Å²) >= 11 is 0. The van der Waals surface area contributed by atoms with Crippen molar-refractivity contribution in [1.29, 1.82) is 0 Å². The van der Waals surface area contributed by atoms with Gasteiger partial charge in [0.05, 0.1) is 12.1 Å². The van der Waals surface area contributed by atoms with Crippen molar-refractivity contribution in [1.82, 2.24) is 4.98 Å². The van der Waals surface area contributed by atoms with Gasteiger partial charge < -0.3 is 17.0 Å². The number of unbranched alkanes of at least 4 members (excludes halogenated alkanes) is 3. The van der Waals surface area contributed by atoms with Crippen molar-refractivity contribution in [3.63, 3.8) is 0 Å². The Kier molecular flexibility index (Phi) is 7.16. The molecule has 0 amide bonds. The second-order valence-corrected chi connectivity index (χ2v) is 5.84. The van der Waals surface area contributed by atoms with Crippen molar-refractivity contribution in [2.24, 2.45) is 0 Å². The first-order chi connectivity index (χ1) is 9.63. The minimum atomic E-state index is 0. The van der Waals surface area contributed by atoms with Crippen LogP contribution >= 0.6 is 0 Å². The zero-order chi connectivity index (χ0) is 14.5. The van der Waals surface area contributed by atoms with E-state index in [2.05, 4.69) is 55.6 Å². The van der Waals surface area contributed by atoms with E-state index in [-0.39, 0.29) is 17.0 Å². The van der Waals surface area contributed by atoms with Gasteiger partial charge in [-0.2, -0.15) is 0 Å². The topological polar surface area (TPSA) is 19.7 Å². The molecule has 0 aliphatic carbocycles. The summed E-state index contributed by atoms with van der Waals surface area (Å²) in [6.45, 7) is 9.94. The van der Waals surface area contributed by atoms with Crippen LogP contribution in [0.5, 0.6) is 0 Å². The Morgan fingerprint density at radius 1 is 1.00 bits per heavy atom. The lowest BCUT2D eigenvalue weighted by molar-refractivity contribution is -0.685. The van der Waals surface area contributed by atoms with Gasteiger partial charge >= 0.3 is 0 Å². The Balaban J connectivity index is 0.00000220. The van der Waals surface area contributed by atoms with Crippen LogP contribution < -0.4 is 21.5 Å². The van der Waals surface area contributed by atoms with Gasteiger partial charge in [-0.05, 0) is 44.7 Å². The Bertz CT molecular complexity index is 549. The Morgan fingerprint density at radius 2 is 1.67 bits per heavy atom. The van der Waals surface area contributed by atoms with Crippen LogP contribution in [0.1, 0.15) is 49.3 Å². The summed E-state index contributed by atoms with van der Waals surface area (Å²) in [5.74, 6) is 1.25. The molecule has 0 aliphatic rings. The summed E-state index contributed by atoms with van der Waals surface area (Å²) in [6.07, 6.45) is 9.42. The number of nitrogens with zero attached hydrogens (tertiary/aromatic N) is 1. The minimum Gasteiger partial charge on any atom is -1.00 e. The molecule has 1 aromatic heterocycles. The van der Waals surface area contributed by atoms with Crippen LogP contribution in [0.3, 0.4) is 0 Å². The van der Waals surface area contributed by atoms with E-state index in [1.807, 2.05) is 6.20 Å². The molecule has 0 fully saturated rings. The molecule has 2 nitrogen and oxygen atoms in total. The van der Waals surface area contributed by atoms with Gasteiger partial charge in [-0.3, -0.25) is 0 Å². The molecule has 21 heavy (non-hydrogen) atoms. The zero-order valence-electron chi connectivity index (χ0n) is 13.7. The highest BCUT2D eigenvalue weighted by molar-refractivity contribution is 5.63. The normalized spacial score (nSPS) is 10.5. The first-order valence-electron chi connectivity index (χ1n) is 7.78. The molecule has 0 aliphatic heterocycles. The van der Waals surface area contributed by atoms with Gasteiger partial charge in [-0.15, -0.1) is 0 Å². The van der Waals surface area contributed by atoms with E-state index >= 15 is 0 Å². The fourth-order valence-corrected chi connectivity index (χ4v) is 3.03. The van der Waals surface area contributed by atoms with E-state index in [1.165, 1.54) is 53.8 Å². The molecule has 0 atom stereocenters. The summed E-state index contributed by atoms with van der Waals surface area (Å²) in [7, 11) is 0. The number of hydrogen-bond acceptors (Lipinski definition) is 0. The van der Waals surface area contributed by atoms with Gasteiger partial charge in [0, 0.05) is 0 Å². The fourth-order valence-electron chi connectivity index (χ4n) is 3.03. The van der Waals surface area contributed by atoms with Crippen molar-refractivity contribution < 1.29 is 21.5 Å². The first-order valence-corrected chi connectivity index (χ1v) is 7.78. The van der Waals surface area contributed by atoms with Gasteiger partial charge in [0.2, 0.25) is 0 Å². The van der Waals surface area contributed by atoms with Gasteiger partial charge in [-0.1, -0.05) is 37.5 Å². The van der Waals surface area contributed by atoms with Crippen LogP contribution in [0, 0.1) is 20.8 Å². The van der Waals surface area contributed by atoms with E-state index in [4.69, 9.17) is 0 Å². The molecule has 0 unspecified atom stereocenters. The van der Waals surface area contributed by atoms with Crippen molar-refractivity contribution in [2.45, 2.75) is 59.9 Å². The van der Waals surface area contributed by atoms with Crippen LogP contribution in [0.4, 0.5) is 0 Å². The summed E-state index contributed by atoms with van der Waals surface area (Å²) in [6, 6.07) is 4.54.